The fourth-order valence-corrected chi connectivity index (χ4v) is 1.64. The number of nitrogens with two attached hydrogens (primary N) is 1. The molecule has 5 nitrogen and oxygen atoms in total. The zero-order valence-corrected chi connectivity index (χ0v) is 11.2. The van der Waals surface area contributed by atoms with E-state index in [1.54, 1.807) is 6.07 Å². The molecule has 0 aromatic carbocycles. The number of aromatic nitrogens is 1. The van der Waals surface area contributed by atoms with E-state index in [2.05, 4.69) is 25.7 Å². The van der Waals surface area contributed by atoms with Crippen LogP contribution in [0.1, 0.15) is 22.8 Å². The predicted octanol–water partition coefficient (Wildman–Crippen LogP) is 1.88. The number of carbonyl (C=O) groups excluding carboxylic acids is 1. The highest BCUT2D eigenvalue weighted by molar-refractivity contribution is 9.15. The fourth-order valence-electron chi connectivity index (χ4n) is 1.21. The van der Waals surface area contributed by atoms with Crippen LogP contribution >= 0.6 is 15.9 Å². The standard InChI is InChI=1S/C11H13BrN2O3/c1-3-17-10(13)9(12)8-6-14-5-4-7(8)11(15)16-2/h4-6H,3,13H2,1-2H3/b10-9+. The van der Waals surface area contributed by atoms with Crippen LogP contribution in [0.3, 0.4) is 0 Å². The highest BCUT2D eigenvalue weighted by Gasteiger charge is 2.16. The lowest BCUT2D eigenvalue weighted by Crippen LogP contribution is -2.09. The van der Waals surface area contributed by atoms with Crippen molar-refractivity contribution in [2.45, 2.75) is 6.92 Å². The summed E-state index contributed by atoms with van der Waals surface area (Å²) < 4.78 is 10.3. The number of halogens is 1. The summed E-state index contributed by atoms with van der Waals surface area (Å²) in [6, 6.07) is 1.56. The SMILES string of the molecule is CCO/C(N)=C(/Br)c1cnccc1C(=O)OC. The van der Waals surface area contributed by atoms with E-state index in [0.717, 1.165) is 0 Å². The topological polar surface area (TPSA) is 74.4 Å². The molecule has 0 aliphatic carbocycles. The highest BCUT2D eigenvalue weighted by Crippen LogP contribution is 2.26. The molecule has 0 amide bonds. The van der Waals surface area contributed by atoms with Gasteiger partial charge in [0.25, 0.3) is 0 Å². The maximum atomic E-state index is 11.5. The van der Waals surface area contributed by atoms with Crippen molar-refractivity contribution in [1.29, 1.82) is 0 Å². The van der Waals surface area contributed by atoms with Crippen LogP contribution < -0.4 is 5.73 Å². The molecule has 17 heavy (non-hydrogen) atoms. The Labute approximate surface area is 108 Å². The molecule has 1 heterocycles. The lowest BCUT2D eigenvalue weighted by Gasteiger charge is -2.09. The Kier molecular flexibility index (Phi) is 4.96. The summed E-state index contributed by atoms with van der Waals surface area (Å²) in [4.78, 5) is 15.5. The van der Waals surface area contributed by atoms with E-state index in [0.29, 0.717) is 22.2 Å². The second-order valence-electron chi connectivity index (χ2n) is 3.02. The van der Waals surface area contributed by atoms with Gasteiger partial charge in [0.15, 0.2) is 5.88 Å². The van der Waals surface area contributed by atoms with Crippen LogP contribution in [0.2, 0.25) is 0 Å². The van der Waals surface area contributed by atoms with Crippen molar-refractivity contribution in [2.24, 2.45) is 5.73 Å². The Balaban J connectivity index is 3.22. The van der Waals surface area contributed by atoms with Crippen molar-refractivity contribution >= 4 is 26.4 Å². The quantitative estimate of drug-likeness (QED) is 0.679. The molecule has 1 aromatic heterocycles. The first-order chi connectivity index (χ1) is 8.11. The van der Waals surface area contributed by atoms with Crippen molar-refractivity contribution < 1.29 is 14.3 Å². The zero-order chi connectivity index (χ0) is 12.8. The molecule has 0 saturated carbocycles. The number of pyridine rings is 1. The van der Waals surface area contributed by atoms with Gasteiger partial charge in [-0.25, -0.2) is 4.79 Å². The molecule has 1 rings (SSSR count). The van der Waals surface area contributed by atoms with Crippen molar-refractivity contribution in [1.82, 2.24) is 4.98 Å². The minimum absolute atomic E-state index is 0.200. The number of nitrogens with zero attached hydrogens (tertiary/aromatic N) is 1. The van der Waals surface area contributed by atoms with Gasteiger partial charge >= 0.3 is 5.97 Å². The normalized spacial score (nSPS) is 11.7. The van der Waals surface area contributed by atoms with Crippen molar-refractivity contribution in [3.63, 3.8) is 0 Å². The Morgan fingerprint density at radius 1 is 1.53 bits per heavy atom. The molecule has 1 aromatic rings. The van der Waals surface area contributed by atoms with Crippen molar-refractivity contribution in [2.75, 3.05) is 13.7 Å². The van der Waals surface area contributed by atoms with Gasteiger partial charge < -0.3 is 15.2 Å². The first-order valence-electron chi connectivity index (χ1n) is 4.92. The maximum absolute atomic E-state index is 11.5. The van der Waals surface area contributed by atoms with Crippen molar-refractivity contribution in [3.8, 4) is 0 Å². The Morgan fingerprint density at radius 3 is 2.82 bits per heavy atom. The second-order valence-corrected chi connectivity index (χ2v) is 3.82. The summed E-state index contributed by atoms with van der Waals surface area (Å²) in [5.41, 5.74) is 6.61. The van der Waals surface area contributed by atoms with E-state index in [9.17, 15) is 4.79 Å². The lowest BCUT2D eigenvalue weighted by atomic mass is 10.1. The van der Waals surface area contributed by atoms with E-state index in [-0.39, 0.29) is 5.88 Å². The van der Waals surface area contributed by atoms with Crippen LogP contribution in [-0.2, 0) is 9.47 Å². The number of esters is 1. The van der Waals surface area contributed by atoms with Crippen molar-refractivity contribution in [3.05, 3.63) is 35.5 Å². The van der Waals surface area contributed by atoms with E-state index < -0.39 is 5.97 Å². The van der Waals surface area contributed by atoms with E-state index in [4.69, 9.17) is 10.5 Å². The van der Waals surface area contributed by atoms with Crippen LogP contribution in [-0.4, -0.2) is 24.7 Å². The molecule has 0 bridgehead atoms. The summed E-state index contributed by atoms with van der Waals surface area (Å²) in [6.45, 7) is 2.26. The maximum Gasteiger partial charge on any atom is 0.338 e. The minimum Gasteiger partial charge on any atom is -0.479 e. The van der Waals surface area contributed by atoms with E-state index in [1.165, 1.54) is 19.5 Å². The molecule has 0 atom stereocenters. The average Bonchev–Trinajstić information content (AvgIpc) is 2.37. The third-order valence-corrected chi connectivity index (χ3v) is 2.80. The summed E-state index contributed by atoms with van der Waals surface area (Å²) in [5, 5.41) is 0. The molecular formula is C11H13BrN2O3. The number of carbonyl (C=O) groups is 1. The number of methoxy groups -OCH3 is 1. The Morgan fingerprint density at radius 2 is 2.24 bits per heavy atom. The van der Waals surface area contributed by atoms with Crippen LogP contribution in [0.4, 0.5) is 0 Å². The molecule has 0 aliphatic rings. The third-order valence-electron chi connectivity index (χ3n) is 1.98. The number of hydrogen-bond acceptors (Lipinski definition) is 5. The molecule has 0 unspecified atom stereocenters. The lowest BCUT2D eigenvalue weighted by molar-refractivity contribution is 0.0600. The Bertz CT molecular complexity index is 446. The van der Waals surface area contributed by atoms with Gasteiger partial charge in [0.1, 0.15) is 0 Å². The molecule has 0 radical (unpaired) electrons. The third kappa shape index (κ3) is 3.20. The van der Waals surface area contributed by atoms with E-state index >= 15 is 0 Å². The minimum atomic E-state index is -0.455. The predicted molar refractivity (Wildman–Crippen MR) is 67.2 cm³/mol. The van der Waals surface area contributed by atoms with Crippen LogP contribution in [0.25, 0.3) is 4.48 Å². The monoisotopic (exact) mass is 300 g/mol. The molecule has 0 saturated heterocycles. The van der Waals surface area contributed by atoms with Gasteiger partial charge in [-0.15, -0.1) is 0 Å². The molecular weight excluding hydrogens is 288 g/mol. The average molecular weight is 301 g/mol. The largest absolute Gasteiger partial charge is 0.479 e. The summed E-state index contributed by atoms with van der Waals surface area (Å²) in [7, 11) is 1.32. The summed E-state index contributed by atoms with van der Waals surface area (Å²) >= 11 is 3.28. The zero-order valence-electron chi connectivity index (χ0n) is 9.57. The van der Waals surface area contributed by atoms with Gasteiger partial charge in [0, 0.05) is 18.0 Å². The van der Waals surface area contributed by atoms with Gasteiger partial charge in [-0.3, -0.25) is 4.98 Å². The van der Waals surface area contributed by atoms with Gasteiger partial charge in [0.2, 0.25) is 0 Å². The number of rotatable bonds is 4. The first kappa shape index (κ1) is 13.5. The van der Waals surface area contributed by atoms with Gasteiger partial charge in [-0.1, -0.05) is 0 Å². The molecule has 92 valence electrons. The van der Waals surface area contributed by atoms with Crippen LogP contribution in [0.5, 0.6) is 0 Å². The summed E-state index contributed by atoms with van der Waals surface area (Å²) in [5.74, 6) is -0.255. The first-order valence-corrected chi connectivity index (χ1v) is 5.71. The van der Waals surface area contributed by atoms with Crippen LogP contribution in [0.15, 0.2) is 24.3 Å². The second kappa shape index (κ2) is 6.24. The number of ether oxygens (including phenoxy) is 2. The fraction of sp³-hybridized carbons (Fsp3) is 0.273. The van der Waals surface area contributed by atoms with Crippen LogP contribution in [0, 0.1) is 0 Å². The molecule has 2 N–H and O–H groups in total. The molecule has 0 fully saturated rings. The van der Waals surface area contributed by atoms with Gasteiger partial charge in [-0.2, -0.15) is 0 Å². The highest BCUT2D eigenvalue weighted by atomic mass is 79.9. The molecule has 0 spiro atoms. The van der Waals surface area contributed by atoms with E-state index in [1.807, 2.05) is 6.92 Å². The van der Waals surface area contributed by atoms with Gasteiger partial charge in [0.05, 0.1) is 23.8 Å². The number of hydrogen-bond donors (Lipinski definition) is 1. The smallest absolute Gasteiger partial charge is 0.338 e. The molecule has 6 heteroatoms. The molecule has 0 aliphatic heterocycles. The Hall–Kier alpha value is -1.56. The van der Waals surface area contributed by atoms with Gasteiger partial charge in [-0.05, 0) is 28.9 Å². The summed E-state index contributed by atoms with van der Waals surface area (Å²) in [6.07, 6.45) is 3.02.